The van der Waals surface area contributed by atoms with Gasteiger partial charge in [-0.2, -0.15) is 43.9 Å². The molecule has 0 N–H and O–H groups in total. The predicted molar refractivity (Wildman–Crippen MR) is 112 cm³/mol. The molecule has 1 aliphatic carbocycles. The molecule has 0 aromatic rings. The molecule has 25 heteroatoms. The van der Waals surface area contributed by atoms with E-state index in [4.69, 9.17) is 0 Å². The molecule has 47 heavy (non-hydrogen) atoms. The van der Waals surface area contributed by atoms with E-state index in [0.717, 1.165) is 0 Å². The minimum Gasteiger partial charge on any atom is -0.456 e. The zero-order chi connectivity index (χ0) is 37.3. The van der Waals surface area contributed by atoms with Crippen LogP contribution >= 0.6 is 0 Å². The van der Waals surface area contributed by atoms with Crippen molar-refractivity contribution in [2.75, 3.05) is 26.4 Å². The molecule has 0 amide bonds. The second-order valence-corrected chi connectivity index (χ2v) is 9.42. The molecule has 0 saturated heterocycles. The third-order valence-corrected chi connectivity index (χ3v) is 5.60. The third-order valence-electron chi connectivity index (χ3n) is 5.60. The summed E-state index contributed by atoms with van der Waals surface area (Å²) in [7, 11) is 0. The van der Waals surface area contributed by atoms with Crippen LogP contribution < -0.4 is 0 Å². The fourth-order valence-electron chi connectivity index (χ4n) is 3.27. The number of alkyl halides is 18. The van der Waals surface area contributed by atoms with Gasteiger partial charge in [-0.1, -0.05) is 13.2 Å². The molecule has 1 aliphatic rings. The summed E-state index contributed by atoms with van der Waals surface area (Å²) in [5.74, 6) is -40.0. The molecule has 1 rings (SSSR count). The average molecular weight is 736 g/mol. The van der Waals surface area contributed by atoms with Gasteiger partial charge in [0.2, 0.25) is 0 Å². The lowest BCUT2D eigenvalue weighted by molar-refractivity contribution is -0.473. The van der Waals surface area contributed by atoms with Crippen molar-refractivity contribution in [2.24, 2.45) is 0 Å². The van der Waals surface area contributed by atoms with Gasteiger partial charge < -0.3 is 18.9 Å². The maximum absolute atomic E-state index is 15.3. The lowest BCUT2D eigenvalue weighted by Crippen LogP contribution is -2.74. The van der Waals surface area contributed by atoms with E-state index in [-0.39, 0.29) is 12.2 Å². The van der Waals surface area contributed by atoms with Gasteiger partial charge in [0, 0.05) is 12.2 Å². The van der Waals surface area contributed by atoms with E-state index in [2.05, 4.69) is 36.8 Å². The average Bonchev–Trinajstić information content (AvgIpc) is 2.89. The van der Waals surface area contributed by atoms with Gasteiger partial charge >= 0.3 is 59.6 Å². The Hall–Kier alpha value is -2.96. The molecular formula is C22H18F18O7. The minimum atomic E-state index is -7.34. The summed E-state index contributed by atoms with van der Waals surface area (Å²) in [5, 5.41) is 0. The van der Waals surface area contributed by atoms with Crippen LogP contribution in [0.2, 0.25) is 0 Å². The van der Waals surface area contributed by atoms with Gasteiger partial charge in [0.1, 0.15) is 13.2 Å². The van der Waals surface area contributed by atoms with Crippen molar-refractivity contribution in [1.29, 1.82) is 0 Å². The van der Waals surface area contributed by atoms with Gasteiger partial charge in [0.05, 0.1) is 12.8 Å². The second kappa shape index (κ2) is 13.2. The van der Waals surface area contributed by atoms with Gasteiger partial charge in [-0.25, -0.2) is 44.7 Å². The Kier molecular flexibility index (Phi) is 11.8. The van der Waals surface area contributed by atoms with Crippen LogP contribution in [0.5, 0.6) is 0 Å². The Morgan fingerprint density at radius 1 is 0.596 bits per heavy atom. The van der Waals surface area contributed by atoms with E-state index in [9.17, 15) is 84.2 Å². The van der Waals surface area contributed by atoms with Crippen LogP contribution in [-0.2, 0) is 33.3 Å². The van der Waals surface area contributed by atoms with Crippen LogP contribution in [0, 0.1) is 0 Å². The van der Waals surface area contributed by atoms with Crippen LogP contribution in [-0.4, -0.2) is 97.8 Å². The van der Waals surface area contributed by atoms with Crippen molar-refractivity contribution in [3.05, 3.63) is 25.3 Å². The first-order chi connectivity index (χ1) is 20.7. The predicted octanol–water partition coefficient (Wildman–Crippen LogP) is 6.62. The van der Waals surface area contributed by atoms with E-state index in [1.807, 2.05) is 0 Å². The summed E-state index contributed by atoms with van der Waals surface area (Å²) < 4.78 is 270. The van der Waals surface area contributed by atoms with Crippen molar-refractivity contribution in [3.63, 3.8) is 0 Å². The van der Waals surface area contributed by atoms with Crippen molar-refractivity contribution in [3.8, 4) is 0 Å². The van der Waals surface area contributed by atoms with Crippen LogP contribution in [0.4, 0.5) is 79.0 Å². The Morgan fingerprint density at radius 3 is 1.21 bits per heavy atom. The zero-order valence-electron chi connectivity index (χ0n) is 22.5. The summed E-state index contributed by atoms with van der Waals surface area (Å²) in [6.07, 6.45) is -26.8. The van der Waals surface area contributed by atoms with Gasteiger partial charge in [-0.15, -0.1) is 0 Å². The highest BCUT2D eigenvalue weighted by atomic mass is 19.3. The topological polar surface area (TPSA) is 80.3 Å². The first-order valence-electron chi connectivity index (χ1n) is 11.7. The zero-order valence-corrected chi connectivity index (χ0v) is 22.5. The fraction of sp³-hybridized carbons (Fsp3) is 0.727. The molecule has 0 unspecified atom stereocenters. The largest absolute Gasteiger partial charge is 0.456 e. The summed E-state index contributed by atoms with van der Waals surface area (Å²) in [6.45, 7) is -7.18. The number of hydrogen-bond donors (Lipinski definition) is 0. The third kappa shape index (κ3) is 8.94. The van der Waals surface area contributed by atoms with Crippen molar-refractivity contribution < 1.29 is 112 Å². The number of ether oxygens (including phenoxy) is 5. The standard InChI is InChI=1S/C22H18F18O7/c1-3-11(41)43-9-17(30,31)20(35,36)45-7-14(25,8-46-21(37,38)18(32,33)10-44-12(42)4-2)47-22(39,40)19(34)15(26,27)5-13(23,24)6-16(19,28)29/h3-4H,1-2,5-10H2. The number of halogens is 18. The summed E-state index contributed by atoms with van der Waals surface area (Å²) in [5.41, 5.74) is -7.12. The van der Waals surface area contributed by atoms with E-state index < -0.39 is 111 Å². The molecule has 1 fully saturated rings. The summed E-state index contributed by atoms with van der Waals surface area (Å²) in [6, 6.07) is 0. The fourth-order valence-corrected chi connectivity index (χ4v) is 3.27. The highest BCUT2D eigenvalue weighted by Gasteiger charge is 2.88. The highest BCUT2D eigenvalue weighted by molar-refractivity contribution is 5.81. The summed E-state index contributed by atoms with van der Waals surface area (Å²) in [4.78, 5) is 21.7. The van der Waals surface area contributed by atoms with Gasteiger partial charge in [-0.3, -0.25) is 4.74 Å². The Bertz CT molecular complexity index is 1100. The van der Waals surface area contributed by atoms with Crippen molar-refractivity contribution in [2.45, 2.75) is 72.3 Å². The molecule has 274 valence electrons. The highest BCUT2D eigenvalue weighted by Crippen LogP contribution is 2.63. The van der Waals surface area contributed by atoms with Crippen molar-refractivity contribution in [1.82, 2.24) is 0 Å². The molecule has 7 nitrogen and oxygen atoms in total. The molecule has 1 saturated carbocycles. The smallest absolute Gasteiger partial charge is 0.423 e. The Morgan fingerprint density at radius 2 is 0.915 bits per heavy atom. The van der Waals surface area contributed by atoms with Gasteiger partial charge in [-0.05, 0) is 0 Å². The van der Waals surface area contributed by atoms with Crippen LogP contribution in [0.3, 0.4) is 0 Å². The van der Waals surface area contributed by atoms with E-state index >= 15 is 4.39 Å². The monoisotopic (exact) mass is 736 g/mol. The van der Waals surface area contributed by atoms with Crippen molar-refractivity contribution >= 4 is 11.9 Å². The van der Waals surface area contributed by atoms with Crippen LogP contribution in [0.25, 0.3) is 0 Å². The molecule has 0 atom stereocenters. The van der Waals surface area contributed by atoms with Crippen LogP contribution in [0.15, 0.2) is 25.3 Å². The quantitative estimate of drug-likeness (QED) is 0.0945. The van der Waals surface area contributed by atoms with Gasteiger partial charge in [0.25, 0.3) is 11.8 Å². The first kappa shape index (κ1) is 42.1. The molecule has 0 aliphatic heterocycles. The normalized spacial score (nSPS) is 19.9. The molecule has 0 aromatic heterocycles. The maximum Gasteiger partial charge on any atom is 0.423 e. The SMILES string of the molecule is C=CC(=O)OCC(F)(F)C(F)(F)OCC(F)(COC(F)(F)C(F)(F)COC(=O)C=C)OC(F)(F)C1(F)C(F)(F)CC(F)(F)CC1(F)F. The van der Waals surface area contributed by atoms with Crippen LogP contribution in [0.1, 0.15) is 12.8 Å². The van der Waals surface area contributed by atoms with E-state index in [1.165, 1.54) is 0 Å². The minimum absolute atomic E-state index is 0.114. The number of carbonyl (C=O) groups excluding carboxylic acids is 2. The number of hydrogen-bond acceptors (Lipinski definition) is 7. The molecule has 0 radical (unpaired) electrons. The molecule has 0 bridgehead atoms. The lowest BCUT2D eigenvalue weighted by atomic mass is 9.76. The van der Waals surface area contributed by atoms with E-state index in [0.29, 0.717) is 0 Å². The second-order valence-electron chi connectivity index (χ2n) is 9.42. The first-order valence-corrected chi connectivity index (χ1v) is 11.7. The molecule has 0 spiro atoms. The molecule has 0 heterocycles. The lowest BCUT2D eigenvalue weighted by Gasteiger charge is -2.48. The Labute approximate surface area is 249 Å². The Balaban J connectivity index is 3.57. The number of esters is 2. The molecular weight excluding hydrogens is 718 g/mol. The van der Waals surface area contributed by atoms with E-state index in [1.54, 1.807) is 0 Å². The summed E-state index contributed by atoms with van der Waals surface area (Å²) >= 11 is 0. The molecule has 0 aromatic carbocycles. The number of carbonyl (C=O) groups is 2. The number of rotatable bonds is 17. The maximum atomic E-state index is 15.3. The van der Waals surface area contributed by atoms with Gasteiger partial charge in [0.15, 0.2) is 13.2 Å².